The van der Waals surface area contributed by atoms with Gasteiger partial charge in [-0.05, 0) is 13.8 Å². The van der Waals surface area contributed by atoms with Crippen molar-refractivity contribution in [1.82, 2.24) is 14.8 Å². The smallest absolute Gasteiger partial charge is 0.0945 e. The minimum atomic E-state index is -0.535. The Bertz CT molecular complexity index is 567. The maximum atomic E-state index is 9.90. The van der Waals surface area contributed by atoms with Gasteiger partial charge in [-0.1, -0.05) is 0 Å². The minimum absolute atomic E-state index is 0.324. The van der Waals surface area contributed by atoms with Crippen molar-refractivity contribution in [3.05, 3.63) is 28.0 Å². The van der Waals surface area contributed by atoms with E-state index < -0.39 is 6.10 Å². The first-order valence-corrected chi connectivity index (χ1v) is 7.83. The van der Waals surface area contributed by atoms with Crippen LogP contribution in [0.1, 0.15) is 16.3 Å². The second-order valence-electron chi connectivity index (χ2n) is 5.02. The van der Waals surface area contributed by atoms with Crippen LogP contribution in [0.2, 0.25) is 0 Å². The average Bonchev–Trinajstić information content (AvgIpc) is 2.98. The highest BCUT2D eigenvalue weighted by Crippen LogP contribution is 2.13. The van der Waals surface area contributed by atoms with Crippen molar-refractivity contribution in [2.75, 3.05) is 25.1 Å². The molecule has 0 saturated carbocycles. The summed E-state index contributed by atoms with van der Waals surface area (Å²) >= 11 is 1.64. The van der Waals surface area contributed by atoms with E-state index in [9.17, 15) is 5.11 Å². The lowest BCUT2D eigenvalue weighted by molar-refractivity contribution is 0.0449. The topological polar surface area (TPSA) is 72.2 Å². The molecule has 0 aliphatic heterocycles. The van der Waals surface area contributed by atoms with E-state index in [1.54, 1.807) is 16.0 Å². The number of ether oxygens (including phenoxy) is 1. The molecule has 0 aliphatic carbocycles. The molecule has 7 heteroatoms. The summed E-state index contributed by atoms with van der Waals surface area (Å²) in [6.45, 7) is 5.31. The Morgan fingerprint density at radius 1 is 1.43 bits per heavy atom. The van der Waals surface area contributed by atoms with E-state index >= 15 is 0 Å². The van der Waals surface area contributed by atoms with Gasteiger partial charge in [0.1, 0.15) is 0 Å². The van der Waals surface area contributed by atoms with Crippen molar-refractivity contribution in [2.45, 2.75) is 26.4 Å². The molecule has 116 valence electrons. The zero-order valence-electron chi connectivity index (χ0n) is 12.7. The fourth-order valence-electron chi connectivity index (χ4n) is 2.01. The van der Waals surface area contributed by atoms with Gasteiger partial charge in [0.2, 0.25) is 0 Å². The van der Waals surface area contributed by atoms with E-state index in [0.29, 0.717) is 19.8 Å². The maximum absolute atomic E-state index is 9.90. The van der Waals surface area contributed by atoms with Gasteiger partial charge in [-0.2, -0.15) is 5.10 Å². The zero-order chi connectivity index (χ0) is 15.2. The predicted octanol–water partition coefficient (Wildman–Crippen LogP) is 1.53. The normalized spacial score (nSPS) is 12.6. The Labute approximate surface area is 128 Å². The first-order valence-electron chi connectivity index (χ1n) is 6.95. The van der Waals surface area contributed by atoms with Gasteiger partial charge in [0, 0.05) is 31.1 Å². The predicted molar refractivity (Wildman–Crippen MR) is 83.8 cm³/mol. The fourth-order valence-corrected chi connectivity index (χ4v) is 2.77. The van der Waals surface area contributed by atoms with Crippen molar-refractivity contribution in [1.29, 1.82) is 0 Å². The van der Waals surface area contributed by atoms with Gasteiger partial charge in [0.15, 0.2) is 0 Å². The maximum Gasteiger partial charge on any atom is 0.0945 e. The summed E-state index contributed by atoms with van der Waals surface area (Å²) < 4.78 is 7.26. The Morgan fingerprint density at radius 2 is 2.24 bits per heavy atom. The number of nitrogens with one attached hydrogen (secondary N) is 1. The summed E-state index contributed by atoms with van der Waals surface area (Å²) in [6.07, 6.45) is 2.21. The van der Waals surface area contributed by atoms with Crippen LogP contribution in [-0.2, 0) is 18.2 Å². The number of anilines is 1. The SMILES string of the molecule is Cc1nn(C)cc1NCC(O)COCCc1scnc1C. The molecule has 0 radical (unpaired) electrons. The van der Waals surface area contributed by atoms with Crippen LogP contribution in [0.4, 0.5) is 5.69 Å². The van der Waals surface area contributed by atoms with Crippen LogP contribution in [0.3, 0.4) is 0 Å². The van der Waals surface area contributed by atoms with Crippen LogP contribution < -0.4 is 5.32 Å². The van der Waals surface area contributed by atoms with Crippen molar-refractivity contribution < 1.29 is 9.84 Å². The summed E-state index contributed by atoms with van der Waals surface area (Å²) in [5.41, 5.74) is 4.78. The molecule has 21 heavy (non-hydrogen) atoms. The van der Waals surface area contributed by atoms with E-state index in [1.165, 1.54) is 4.88 Å². The first kappa shape index (κ1) is 15.9. The molecular formula is C14H22N4O2S. The van der Waals surface area contributed by atoms with Crippen LogP contribution in [0.25, 0.3) is 0 Å². The number of hydrogen-bond donors (Lipinski definition) is 2. The number of aryl methyl sites for hydroxylation is 3. The molecule has 1 atom stereocenters. The van der Waals surface area contributed by atoms with Crippen LogP contribution in [0, 0.1) is 13.8 Å². The van der Waals surface area contributed by atoms with Crippen LogP contribution in [0.15, 0.2) is 11.7 Å². The summed E-state index contributed by atoms with van der Waals surface area (Å²) in [5.74, 6) is 0. The third kappa shape index (κ3) is 4.80. The van der Waals surface area contributed by atoms with Crippen molar-refractivity contribution in [3.63, 3.8) is 0 Å². The van der Waals surface area contributed by atoms with Gasteiger partial charge >= 0.3 is 0 Å². The molecule has 2 aromatic heterocycles. The number of rotatable bonds is 8. The summed E-state index contributed by atoms with van der Waals surface area (Å²) in [4.78, 5) is 5.44. The van der Waals surface area contributed by atoms with E-state index in [4.69, 9.17) is 4.74 Å². The monoisotopic (exact) mass is 310 g/mol. The lowest BCUT2D eigenvalue weighted by Gasteiger charge is -2.12. The first-order chi connectivity index (χ1) is 10.1. The zero-order valence-corrected chi connectivity index (χ0v) is 13.5. The molecule has 0 amide bonds. The molecule has 2 heterocycles. The van der Waals surface area contributed by atoms with Crippen molar-refractivity contribution in [2.24, 2.45) is 7.05 Å². The number of aromatic nitrogens is 3. The highest BCUT2D eigenvalue weighted by Gasteiger charge is 2.08. The molecule has 0 aromatic carbocycles. The van der Waals surface area contributed by atoms with Crippen LogP contribution >= 0.6 is 11.3 Å². The number of nitrogens with zero attached hydrogens (tertiary/aromatic N) is 3. The molecule has 6 nitrogen and oxygen atoms in total. The van der Waals surface area contributed by atoms with Gasteiger partial charge < -0.3 is 15.2 Å². The standard InChI is InChI=1S/C14H22N4O2S/c1-10-13(7-18(3)17-10)15-6-12(19)8-20-5-4-14-11(2)16-9-21-14/h7,9,12,15,19H,4-6,8H2,1-3H3. The Kier molecular flexibility index (Phi) is 5.72. The summed E-state index contributed by atoms with van der Waals surface area (Å²) in [5, 5.41) is 17.3. The minimum Gasteiger partial charge on any atom is -0.389 e. The van der Waals surface area contributed by atoms with Gasteiger partial charge in [0.05, 0.1) is 41.9 Å². The quantitative estimate of drug-likeness (QED) is 0.723. The summed E-state index contributed by atoms with van der Waals surface area (Å²) in [6, 6.07) is 0. The average molecular weight is 310 g/mol. The molecule has 0 fully saturated rings. The third-order valence-corrected chi connectivity index (χ3v) is 4.17. The highest BCUT2D eigenvalue weighted by atomic mass is 32.1. The van der Waals surface area contributed by atoms with Crippen molar-refractivity contribution >= 4 is 17.0 Å². The molecular weight excluding hydrogens is 288 g/mol. The molecule has 0 saturated heterocycles. The Hall–Kier alpha value is -1.44. The second-order valence-corrected chi connectivity index (χ2v) is 5.96. The van der Waals surface area contributed by atoms with E-state index in [-0.39, 0.29) is 0 Å². The lowest BCUT2D eigenvalue weighted by Crippen LogP contribution is -2.25. The van der Waals surface area contributed by atoms with Gasteiger partial charge in [-0.3, -0.25) is 4.68 Å². The largest absolute Gasteiger partial charge is 0.389 e. The highest BCUT2D eigenvalue weighted by molar-refractivity contribution is 7.09. The van der Waals surface area contributed by atoms with Gasteiger partial charge in [0.25, 0.3) is 0 Å². The molecule has 2 aromatic rings. The molecule has 0 spiro atoms. The number of aliphatic hydroxyl groups is 1. The second kappa shape index (κ2) is 7.53. The molecule has 2 N–H and O–H groups in total. The Morgan fingerprint density at radius 3 is 2.86 bits per heavy atom. The number of thiazole rings is 1. The van der Waals surface area contributed by atoms with Crippen LogP contribution in [-0.4, -0.2) is 45.7 Å². The van der Waals surface area contributed by atoms with E-state index in [1.807, 2.05) is 32.6 Å². The van der Waals surface area contributed by atoms with Crippen molar-refractivity contribution in [3.8, 4) is 0 Å². The molecule has 1 unspecified atom stereocenters. The third-order valence-electron chi connectivity index (χ3n) is 3.17. The molecule has 2 rings (SSSR count). The van der Waals surface area contributed by atoms with Gasteiger partial charge in [-0.15, -0.1) is 11.3 Å². The molecule has 0 aliphatic rings. The number of aliphatic hydroxyl groups excluding tert-OH is 1. The van der Waals surface area contributed by atoms with Gasteiger partial charge in [-0.25, -0.2) is 4.98 Å². The summed E-state index contributed by atoms with van der Waals surface area (Å²) in [7, 11) is 1.87. The Balaban J connectivity index is 1.62. The lowest BCUT2D eigenvalue weighted by atomic mass is 10.3. The fraction of sp³-hybridized carbons (Fsp3) is 0.571. The van der Waals surface area contributed by atoms with Crippen LogP contribution in [0.5, 0.6) is 0 Å². The number of hydrogen-bond acceptors (Lipinski definition) is 6. The van der Waals surface area contributed by atoms with E-state index in [2.05, 4.69) is 15.4 Å². The molecule has 0 bridgehead atoms. The van der Waals surface area contributed by atoms with E-state index in [0.717, 1.165) is 23.5 Å².